The van der Waals surface area contributed by atoms with Crippen LogP contribution in [0.3, 0.4) is 0 Å². The molecule has 2 unspecified atom stereocenters. The maximum absolute atomic E-state index is 12.6. The molecular formula is C17H28N4O2. The zero-order valence-electron chi connectivity index (χ0n) is 14.3. The third-order valence-corrected chi connectivity index (χ3v) is 5.16. The number of nitrogens with zero attached hydrogens (tertiary/aromatic N) is 2. The first-order valence-corrected chi connectivity index (χ1v) is 8.65. The standard InChI is InChI=1S/C17H28N4O2/c1-11(2)16-12(4-5-23-16)6-19-17(22)15-9-18-8-14(15)13-7-20-21(3)10-13/h7,10-12,14-16,18H,4-6,8-9H2,1-3H3,(H,19,22)/t12?,14-,15+,16?/m1/s1. The zero-order valence-corrected chi connectivity index (χ0v) is 14.3. The van der Waals surface area contributed by atoms with E-state index in [-0.39, 0.29) is 23.8 Å². The molecule has 2 aliphatic heterocycles. The highest BCUT2D eigenvalue weighted by atomic mass is 16.5. The summed E-state index contributed by atoms with van der Waals surface area (Å²) >= 11 is 0. The van der Waals surface area contributed by atoms with E-state index in [4.69, 9.17) is 4.74 Å². The van der Waals surface area contributed by atoms with E-state index in [1.165, 1.54) is 0 Å². The van der Waals surface area contributed by atoms with Crippen molar-refractivity contribution in [2.45, 2.75) is 32.3 Å². The normalized spacial score (nSPS) is 31.0. The number of amides is 1. The minimum atomic E-state index is -0.0148. The van der Waals surface area contributed by atoms with Gasteiger partial charge in [-0.2, -0.15) is 5.10 Å². The molecule has 1 amide bonds. The molecule has 2 saturated heterocycles. The fraction of sp³-hybridized carbons (Fsp3) is 0.765. The molecule has 4 atom stereocenters. The number of hydrogen-bond donors (Lipinski definition) is 2. The van der Waals surface area contributed by atoms with Gasteiger partial charge >= 0.3 is 0 Å². The van der Waals surface area contributed by atoms with Crippen LogP contribution in [0.15, 0.2) is 12.4 Å². The van der Waals surface area contributed by atoms with Crippen LogP contribution in [0.4, 0.5) is 0 Å². The maximum Gasteiger partial charge on any atom is 0.225 e. The number of nitrogens with one attached hydrogen (secondary N) is 2. The summed E-state index contributed by atoms with van der Waals surface area (Å²) in [6, 6.07) is 0. The lowest BCUT2D eigenvalue weighted by molar-refractivity contribution is -0.125. The average molecular weight is 320 g/mol. The molecule has 0 aliphatic carbocycles. The van der Waals surface area contributed by atoms with Crippen LogP contribution in [0, 0.1) is 17.8 Å². The van der Waals surface area contributed by atoms with Gasteiger partial charge in [-0.1, -0.05) is 13.8 Å². The van der Waals surface area contributed by atoms with E-state index in [1.54, 1.807) is 4.68 Å². The van der Waals surface area contributed by atoms with Crippen LogP contribution in [-0.4, -0.2) is 48.0 Å². The Hall–Kier alpha value is -1.40. The topological polar surface area (TPSA) is 68.2 Å². The van der Waals surface area contributed by atoms with E-state index in [9.17, 15) is 4.79 Å². The Kier molecular flexibility index (Phi) is 5.02. The van der Waals surface area contributed by atoms with Gasteiger partial charge in [-0.25, -0.2) is 0 Å². The molecule has 0 bridgehead atoms. The largest absolute Gasteiger partial charge is 0.378 e. The van der Waals surface area contributed by atoms with Crippen molar-refractivity contribution in [3.8, 4) is 0 Å². The summed E-state index contributed by atoms with van der Waals surface area (Å²) in [5.74, 6) is 1.28. The van der Waals surface area contributed by atoms with Crippen molar-refractivity contribution in [1.29, 1.82) is 0 Å². The van der Waals surface area contributed by atoms with Crippen molar-refractivity contribution in [1.82, 2.24) is 20.4 Å². The summed E-state index contributed by atoms with van der Waals surface area (Å²) in [5.41, 5.74) is 1.14. The first-order valence-electron chi connectivity index (χ1n) is 8.65. The summed E-state index contributed by atoms with van der Waals surface area (Å²) in [4.78, 5) is 12.6. The fourth-order valence-electron chi connectivity index (χ4n) is 3.91. The van der Waals surface area contributed by atoms with Crippen LogP contribution in [0.25, 0.3) is 0 Å². The van der Waals surface area contributed by atoms with Crippen LogP contribution < -0.4 is 10.6 Å². The first-order chi connectivity index (χ1) is 11.1. The highest BCUT2D eigenvalue weighted by Gasteiger charge is 2.36. The molecule has 0 spiro atoms. The molecule has 0 radical (unpaired) electrons. The molecular weight excluding hydrogens is 292 g/mol. The van der Waals surface area contributed by atoms with Gasteiger partial charge in [0.2, 0.25) is 5.91 Å². The number of aryl methyl sites for hydroxylation is 1. The molecule has 0 aromatic carbocycles. The van der Waals surface area contributed by atoms with Crippen molar-refractivity contribution >= 4 is 5.91 Å². The molecule has 2 N–H and O–H groups in total. The quantitative estimate of drug-likeness (QED) is 0.846. The van der Waals surface area contributed by atoms with Crippen LogP contribution in [-0.2, 0) is 16.6 Å². The lowest BCUT2D eigenvalue weighted by Gasteiger charge is -2.23. The Labute approximate surface area is 138 Å². The smallest absolute Gasteiger partial charge is 0.225 e. The second-order valence-electron chi connectivity index (χ2n) is 7.19. The summed E-state index contributed by atoms with van der Waals surface area (Å²) in [7, 11) is 1.91. The number of carbonyl (C=O) groups excluding carboxylic acids is 1. The molecule has 2 fully saturated rings. The van der Waals surface area contributed by atoms with E-state index in [0.29, 0.717) is 11.8 Å². The Balaban J connectivity index is 1.57. The third kappa shape index (κ3) is 3.58. The van der Waals surface area contributed by atoms with Gasteiger partial charge in [0.15, 0.2) is 0 Å². The van der Waals surface area contributed by atoms with Gasteiger partial charge in [0.05, 0.1) is 18.2 Å². The van der Waals surface area contributed by atoms with Crippen molar-refractivity contribution in [2.24, 2.45) is 24.8 Å². The predicted octanol–water partition coefficient (Wildman–Crippen LogP) is 0.900. The second-order valence-corrected chi connectivity index (χ2v) is 7.19. The molecule has 23 heavy (non-hydrogen) atoms. The van der Waals surface area contributed by atoms with E-state index in [2.05, 4.69) is 29.6 Å². The van der Waals surface area contributed by atoms with Gasteiger partial charge in [-0.05, 0) is 17.9 Å². The monoisotopic (exact) mass is 320 g/mol. The van der Waals surface area contributed by atoms with Crippen LogP contribution in [0.1, 0.15) is 31.7 Å². The number of carbonyl (C=O) groups is 1. The fourth-order valence-corrected chi connectivity index (χ4v) is 3.91. The first kappa shape index (κ1) is 16.5. The number of aromatic nitrogens is 2. The molecule has 6 nitrogen and oxygen atoms in total. The van der Waals surface area contributed by atoms with E-state index in [0.717, 1.165) is 38.2 Å². The summed E-state index contributed by atoms with van der Waals surface area (Å²) in [5, 5.41) is 10.7. The summed E-state index contributed by atoms with van der Waals surface area (Å²) in [6.07, 6.45) is 5.19. The minimum absolute atomic E-state index is 0.0148. The minimum Gasteiger partial charge on any atom is -0.378 e. The zero-order chi connectivity index (χ0) is 16.4. The van der Waals surface area contributed by atoms with Gasteiger partial charge in [-0.15, -0.1) is 0 Å². The SMILES string of the molecule is CC(C)C1OCCC1CNC(=O)[C@H]1CNC[C@@H]1c1cnn(C)c1. The molecule has 0 saturated carbocycles. The Bertz CT molecular complexity index is 542. The van der Waals surface area contributed by atoms with E-state index in [1.807, 2.05) is 19.4 Å². The van der Waals surface area contributed by atoms with Gasteiger partial charge in [-0.3, -0.25) is 9.48 Å². The predicted molar refractivity (Wildman–Crippen MR) is 88.0 cm³/mol. The molecule has 2 aliphatic rings. The highest BCUT2D eigenvalue weighted by Crippen LogP contribution is 2.29. The second kappa shape index (κ2) is 7.01. The van der Waals surface area contributed by atoms with Gasteiger partial charge < -0.3 is 15.4 Å². The van der Waals surface area contributed by atoms with Crippen LogP contribution in [0.5, 0.6) is 0 Å². The van der Waals surface area contributed by atoms with E-state index >= 15 is 0 Å². The highest BCUT2D eigenvalue weighted by molar-refractivity contribution is 5.80. The maximum atomic E-state index is 12.6. The number of rotatable bonds is 5. The van der Waals surface area contributed by atoms with Crippen molar-refractivity contribution in [3.63, 3.8) is 0 Å². The molecule has 3 heterocycles. The summed E-state index contributed by atoms with van der Waals surface area (Å²) in [6.45, 7) is 7.48. The Morgan fingerprint density at radius 3 is 3.04 bits per heavy atom. The number of ether oxygens (including phenoxy) is 1. The number of hydrogen-bond acceptors (Lipinski definition) is 4. The van der Waals surface area contributed by atoms with Gasteiger partial charge in [0, 0.05) is 51.3 Å². The van der Waals surface area contributed by atoms with Crippen molar-refractivity contribution in [3.05, 3.63) is 18.0 Å². The van der Waals surface area contributed by atoms with Gasteiger partial charge in [0.1, 0.15) is 0 Å². The summed E-state index contributed by atoms with van der Waals surface area (Å²) < 4.78 is 7.60. The van der Waals surface area contributed by atoms with E-state index < -0.39 is 0 Å². The molecule has 1 aromatic rings. The molecule has 3 rings (SSSR count). The average Bonchev–Trinajstić information content (AvgIpc) is 3.23. The lowest BCUT2D eigenvalue weighted by atomic mass is 9.89. The van der Waals surface area contributed by atoms with Gasteiger partial charge in [0.25, 0.3) is 0 Å². The van der Waals surface area contributed by atoms with Crippen LogP contribution >= 0.6 is 0 Å². The Morgan fingerprint density at radius 2 is 2.35 bits per heavy atom. The Morgan fingerprint density at radius 1 is 1.52 bits per heavy atom. The lowest BCUT2D eigenvalue weighted by Crippen LogP contribution is -2.39. The molecule has 1 aromatic heterocycles. The van der Waals surface area contributed by atoms with Crippen molar-refractivity contribution in [2.75, 3.05) is 26.2 Å². The third-order valence-electron chi connectivity index (χ3n) is 5.16. The van der Waals surface area contributed by atoms with Crippen LogP contribution in [0.2, 0.25) is 0 Å². The molecule has 128 valence electrons. The molecule has 6 heteroatoms. The van der Waals surface area contributed by atoms with Crippen molar-refractivity contribution < 1.29 is 9.53 Å².